The zero-order valence-electron chi connectivity index (χ0n) is 90.2. The van der Waals surface area contributed by atoms with Crippen molar-refractivity contribution in [3.63, 3.8) is 0 Å². The van der Waals surface area contributed by atoms with Crippen molar-refractivity contribution in [1.82, 2.24) is 5.32 Å². The summed E-state index contributed by atoms with van der Waals surface area (Å²) in [6.07, 6.45) is 38.8. The maximum atomic E-state index is 12.9. The van der Waals surface area contributed by atoms with Gasteiger partial charge in [0.1, 0.15) is 13.2 Å². The molecule has 0 spiro atoms. The number of phosphoric ester groups is 1. The lowest BCUT2D eigenvalue weighted by molar-refractivity contribution is -0.161. The number of amides is 1. The van der Waals surface area contributed by atoms with Gasteiger partial charge in [0.15, 0.2) is 6.10 Å². The molecule has 40 heteroatoms. The van der Waals surface area contributed by atoms with Crippen molar-refractivity contribution in [2.45, 2.75) is 258 Å². The molecule has 39 nitrogen and oxygen atoms in total. The minimum Gasteiger partial charge on any atom is -0.462 e. The van der Waals surface area contributed by atoms with E-state index in [9.17, 15) is 23.8 Å². The average molecular weight is 2110 g/mol. The van der Waals surface area contributed by atoms with Gasteiger partial charge in [-0.3, -0.25) is 18.6 Å². The Labute approximate surface area is 867 Å². The standard InChI is InChI=1S/C104H206NO38P/c1-4-7-9-11-13-15-17-19-21-23-25-27-29-31-34-38-102(106)140-99-101(143-103(107)39-35-32-30-28-26-24-22-20-18-16-14-12-10-8-5-2)100-142-144(109,110)141-44-40-105-104(108)139-98-97-138-96-95-137-94-93-136-92-91-135-90-89-134-74-71-125-68-65-122-62-59-119-56-53-116-50-47-113-43-37-33-36-42-112-46-49-115-52-55-118-58-61-121-64-67-124-70-73-127-76-78-129-80-82-131-84-86-133-88-87-132-85-83-130-81-79-128-77-75-126-72-69-123-66-63-120-60-57-117-54-51-114-48-45-111-41-6-3/h101H,4-100H2,1-3H3,(H,105,108)(H,109,110)/t101-/m1/s1. The molecule has 1 unspecified atom stereocenters. The van der Waals surface area contributed by atoms with E-state index < -0.39 is 38.6 Å². The lowest BCUT2D eigenvalue weighted by Gasteiger charge is -2.20. The first-order valence-electron chi connectivity index (χ1n) is 55.3. The lowest BCUT2D eigenvalue weighted by atomic mass is 10.0. The fourth-order valence-electron chi connectivity index (χ4n) is 13.3. The van der Waals surface area contributed by atoms with E-state index in [2.05, 4.69) is 26.1 Å². The Morgan fingerprint density at radius 2 is 0.382 bits per heavy atom. The van der Waals surface area contributed by atoms with Crippen LogP contribution in [0.5, 0.6) is 0 Å². The molecule has 0 aliphatic heterocycles. The summed E-state index contributed by atoms with van der Waals surface area (Å²) in [6, 6.07) is 0. The number of nitrogens with one attached hydrogen (secondary N) is 1. The zero-order chi connectivity index (χ0) is 103. The number of unbranched alkanes of at least 4 members (excludes halogenated alkanes) is 30. The molecule has 860 valence electrons. The number of hydrogen-bond donors (Lipinski definition) is 2. The Balaban J connectivity index is 3.53. The minimum absolute atomic E-state index is 0.0389. The zero-order valence-corrected chi connectivity index (χ0v) is 91.1. The van der Waals surface area contributed by atoms with E-state index >= 15 is 0 Å². The number of carbonyl (C=O) groups excluding carboxylic acids is 3. The number of phosphoric acid groups is 1. The molecular weight excluding hydrogens is 1900 g/mol. The van der Waals surface area contributed by atoms with Gasteiger partial charge in [-0.15, -0.1) is 0 Å². The maximum absolute atomic E-state index is 12.9. The Kier molecular flexibility index (Phi) is 125. The lowest BCUT2D eigenvalue weighted by Crippen LogP contribution is -2.30. The molecule has 0 radical (unpaired) electrons. The summed E-state index contributed by atoms with van der Waals surface area (Å²) in [5, 5.41) is 2.44. The molecule has 144 heavy (non-hydrogen) atoms. The van der Waals surface area contributed by atoms with Crippen molar-refractivity contribution in [2.75, 3.05) is 403 Å². The van der Waals surface area contributed by atoms with E-state index in [1.54, 1.807) is 0 Å². The Morgan fingerprint density at radius 3 is 0.604 bits per heavy atom. The second kappa shape index (κ2) is 127. The van der Waals surface area contributed by atoms with Gasteiger partial charge in [-0.2, -0.15) is 0 Å². The predicted molar refractivity (Wildman–Crippen MR) is 548 cm³/mol. The minimum atomic E-state index is -4.67. The molecule has 0 rings (SSSR count). The van der Waals surface area contributed by atoms with Gasteiger partial charge < -0.3 is 157 Å². The van der Waals surface area contributed by atoms with Crippen molar-refractivity contribution in [2.24, 2.45) is 0 Å². The highest BCUT2D eigenvalue weighted by Gasteiger charge is 2.27. The van der Waals surface area contributed by atoms with Crippen molar-refractivity contribution in [3.8, 4) is 0 Å². The molecule has 0 fully saturated rings. The van der Waals surface area contributed by atoms with Crippen molar-refractivity contribution >= 4 is 25.9 Å². The number of ether oxygens (including phenoxy) is 31. The number of carbonyl (C=O) groups is 3. The molecule has 0 aromatic rings. The first kappa shape index (κ1) is 141. The third-order valence-electron chi connectivity index (χ3n) is 21.3. The molecule has 2 N–H and O–H groups in total. The van der Waals surface area contributed by atoms with Crippen LogP contribution in [0.15, 0.2) is 0 Å². The topological polar surface area (TPSA) is 405 Å². The third-order valence-corrected chi connectivity index (χ3v) is 22.3. The molecule has 0 aromatic carbocycles. The summed E-state index contributed by atoms with van der Waals surface area (Å²) in [4.78, 5) is 48.3. The fourth-order valence-corrected chi connectivity index (χ4v) is 14.1. The first-order valence-corrected chi connectivity index (χ1v) is 56.8. The molecule has 0 aliphatic rings. The van der Waals surface area contributed by atoms with Crippen LogP contribution in [0.25, 0.3) is 0 Å². The number of rotatable bonds is 131. The van der Waals surface area contributed by atoms with Crippen molar-refractivity contribution in [1.29, 1.82) is 0 Å². The Morgan fingerprint density at radius 1 is 0.194 bits per heavy atom. The molecule has 0 aliphatic carbocycles. The Hall–Kier alpha value is -2.80. The summed E-state index contributed by atoms with van der Waals surface area (Å²) in [6.45, 7) is 32.2. The van der Waals surface area contributed by atoms with Gasteiger partial charge in [0.2, 0.25) is 0 Å². The van der Waals surface area contributed by atoms with Crippen LogP contribution < -0.4 is 5.32 Å². The molecule has 0 saturated heterocycles. The highest BCUT2D eigenvalue weighted by atomic mass is 31.2. The maximum Gasteiger partial charge on any atom is 0.472 e. The van der Waals surface area contributed by atoms with Gasteiger partial charge in [-0.25, -0.2) is 9.36 Å². The second-order valence-corrected chi connectivity index (χ2v) is 35.5. The number of hydrogen-bond acceptors (Lipinski definition) is 37. The molecule has 1 amide bonds. The van der Waals surface area contributed by atoms with Crippen molar-refractivity contribution in [3.05, 3.63) is 0 Å². The average Bonchev–Trinajstić information content (AvgIpc) is 0.904. The van der Waals surface area contributed by atoms with Crippen LogP contribution >= 0.6 is 7.82 Å². The summed E-state index contributed by atoms with van der Waals surface area (Å²) in [5.74, 6) is -0.935. The van der Waals surface area contributed by atoms with Crippen LogP contribution in [0, 0.1) is 0 Å². The van der Waals surface area contributed by atoms with E-state index in [0.717, 1.165) is 70.8 Å². The molecule has 0 aromatic heterocycles. The van der Waals surface area contributed by atoms with Gasteiger partial charge in [-0.1, -0.05) is 201 Å². The first-order chi connectivity index (χ1) is 71.2. The predicted octanol–water partition coefficient (Wildman–Crippen LogP) is 14.9. The van der Waals surface area contributed by atoms with Gasteiger partial charge in [0.05, 0.1) is 363 Å². The third kappa shape index (κ3) is 126. The summed E-state index contributed by atoms with van der Waals surface area (Å²) in [7, 11) is -4.67. The van der Waals surface area contributed by atoms with E-state index in [1.807, 2.05) is 0 Å². The SMILES string of the molecule is CCCCCCCCCCCCCCCCCC(=O)OC[C@H](COP(=O)(O)OCCNC(=O)OCCOCCOCCOCCOCCOCCOCCOCCOCCOCCOCCCCCOCCOCCOCCOCCOCCOCCOCCOCCOCCOCCOCCOCCOCCOCCOCCOCCOCCOCCC)OC(=O)CCCCCCCCCCCCCCCCC. The van der Waals surface area contributed by atoms with Gasteiger partial charge >= 0.3 is 25.9 Å². The van der Waals surface area contributed by atoms with Crippen LogP contribution in [-0.2, 0) is 170 Å². The molecule has 0 bridgehead atoms. The van der Waals surface area contributed by atoms with Crippen LogP contribution in [0.3, 0.4) is 0 Å². The van der Waals surface area contributed by atoms with Crippen LogP contribution in [-0.4, -0.2) is 432 Å². The summed E-state index contributed by atoms with van der Waals surface area (Å²) >= 11 is 0. The molecule has 0 heterocycles. The van der Waals surface area contributed by atoms with Crippen LogP contribution in [0.4, 0.5) is 4.79 Å². The van der Waals surface area contributed by atoms with E-state index in [4.69, 9.17) is 156 Å². The Bertz CT molecular complexity index is 2500. The van der Waals surface area contributed by atoms with Gasteiger partial charge in [0.25, 0.3) is 0 Å². The largest absolute Gasteiger partial charge is 0.472 e. The molecule has 2 atom stereocenters. The van der Waals surface area contributed by atoms with Crippen LogP contribution in [0.2, 0.25) is 0 Å². The number of alkyl carbamates (subject to hydrolysis) is 1. The summed E-state index contributed by atoms with van der Waals surface area (Å²) < 4.78 is 194. The van der Waals surface area contributed by atoms with Gasteiger partial charge in [-0.05, 0) is 38.5 Å². The normalized spacial score (nSPS) is 12.4. The number of esters is 2. The van der Waals surface area contributed by atoms with E-state index in [0.29, 0.717) is 363 Å². The smallest absolute Gasteiger partial charge is 0.462 e. The van der Waals surface area contributed by atoms with E-state index in [-0.39, 0.29) is 52.4 Å². The quantitative estimate of drug-likeness (QED) is 0.0247. The molecular formula is C104H206NO38P. The highest BCUT2D eigenvalue weighted by molar-refractivity contribution is 7.47. The molecule has 0 saturated carbocycles. The van der Waals surface area contributed by atoms with Gasteiger partial charge in [0, 0.05) is 39.2 Å². The summed E-state index contributed by atoms with van der Waals surface area (Å²) in [5.41, 5.74) is 0. The fraction of sp³-hybridized carbons (Fsp3) is 0.971. The van der Waals surface area contributed by atoms with E-state index in [1.165, 1.54) is 141 Å². The van der Waals surface area contributed by atoms with Crippen LogP contribution in [0.1, 0.15) is 252 Å². The monoisotopic (exact) mass is 2110 g/mol. The second-order valence-electron chi connectivity index (χ2n) is 34.1. The highest BCUT2D eigenvalue weighted by Crippen LogP contribution is 2.43. The van der Waals surface area contributed by atoms with Crippen molar-refractivity contribution < 1.29 is 180 Å².